The van der Waals surface area contributed by atoms with Gasteiger partial charge >= 0.3 is 0 Å². The van der Waals surface area contributed by atoms with Crippen LogP contribution in [0.15, 0.2) is 30.5 Å². The number of nitrogens with zero attached hydrogens (tertiary/aromatic N) is 2. The minimum Gasteiger partial charge on any atom is -0.308 e. The number of nitrogens with one attached hydrogen (secondary N) is 1. The summed E-state index contributed by atoms with van der Waals surface area (Å²) in [6.45, 7) is 4.99. The zero-order valence-electron chi connectivity index (χ0n) is 10.9. The van der Waals surface area contributed by atoms with Crippen LogP contribution in [0.1, 0.15) is 29.8 Å². The van der Waals surface area contributed by atoms with Crippen LogP contribution in [0.5, 0.6) is 0 Å². The van der Waals surface area contributed by atoms with Gasteiger partial charge in [-0.25, -0.2) is 0 Å². The maximum atomic E-state index is 6.28. The molecule has 1 atom stereocenters. The van der Waals surface area contributed by atoms with Gasteiger partial charge in [0.15, 0.2) is 0 Å². The highest BCUT2D eigenvalue weighted by molar-refractivity contribution is 6.31. The second kappa shape index (κ2) is 5.55. The van der Waals surface area contributed by atoms with E-state index in [1.54, 1.807) is 6.20 Å². The Hall–Kier alpha value is -1.32. The van der Waals surface area contributed by atoms with Gasteiger partial charge in [0.2, 0.25) is 0 Å². The minimum absolute atomic E-state index is 0.0705. The summed E-state index contributed by atoms with van der Waals surface area (Å²) in [4.78, 5) is 0. The fourth-order valence-corrected chi connectivity index (χ4v) is 2.51. The van der Waals surface area contributed by atoms with Crippen molar-refractivity contribution in [2.45, 2.75) is 26.4 Å². The molecule has 1 heterocycles. The highest BCUT2D eigenvalue weighted by atomic mass is 35.5. The van der Waals surface area contributed by atoms with Crippen molar-refractivity contribution in [3.8, 4) is 0 Å². The second-order valence-corrected chi connectivity index (χ2v) is 4.68. The third-order valence-corrected chi connectivity index (χ3v) is 3.49. The van der Waals surface area contributed by atoms with Gasteiger partial charge in [0.25, 0.3) is 0 Å². The Labute approximate surface area is 113 Å². The normalized spacial score (nSPS) is 12.7. The molecule has 1 unspecified atom stereocenters. The van der Waals surface area contributed by atoms with Crippen molar-refractivity contribution in [1.82, 2.24) is 15.1 Å². The largest absolute Gasteiger partial charge is 0.308 e. The van der Waals surface area contributed by atoms with Crippen molar-refractivity contribution in [3.05, 3.63) is 52.3 Å². The monoisotopic (exact) mass is 263 g/mol. The van der Waals surface area contributed by atoms with Gasteiger partial charge in [0, 0.05) is 6.54 Å². The molecule has 2 rings (SSSR count). The van der Waals surface area contributed by atoms with Gasteiger partial charge in [-0.15, -0.1) is 0 Å². The van der Waals surface area contributed by atoms with Crippen LogP contribution in [0.4, 0.5) is 0 Å². The molecule has 0 saturated carbocycles. The fraction of sp³-hybridized carbons (Fsp3) is 0.357. The molecule has 0 bridgehead atoms. The van der Waals surface area contributed by atoms with E-state index in [4.69, 9.17) is 11.6 Å². The molecule has 4 heteroatoms. The highest BCUT2D eigenvalue weighted by Crippen LogP contribution is 2.29. The van der Waals surface area contributed by atoms with E-state index in [0.717, 1.165) is 12.2 Å². The molecule has 0 spiro atoms. The Morgan fingerprint density at radius 1 is 1.39 bits per heavy atom. The molecule has 2 aromatic rings. The van der Waals surface area contributed by atoms with Crippen LogP contribution >= 0.6 is 11.6 Å². The second-order valence-electron chi connectivity index (χ2n) is 4.27. The van der Waals surface area contributed by atoms with Crippen LogP contribution in [0.3, 0.4) is 0 Å². The molecule has 0 aliphatic carbocycles. The molecule has 0 radical (unpaired) electrons. The summed E-state index contributed by atoms with van der Waals surface area (Å²) in [7, 11) is 1.94. The van der Waals surface area contributed by atoms with Gasteiger partial charge in [-0.3, -0.25) is 4.68 Å². The molecular weight excluding hydrogens is 246 g/mol. The first-order chi connectivity index (χ1) is 8.69. The van der Waals surface area contributed by atoms with Gasteiger partial charge in [-0.2, -0.15) is 5.10 Å². The van der Waals surface area contributed by atoms with Crippen molar-refractivity contribution in [1.29, 1.82) is 0 Å². The third-order valence-electron chi connectivity index (χ3n) is 3.19. The number of hydrogen-bond donors (Lipinski definition) is 1. The van der Waals surface area contributed by atoms with E-state index in [9.17, 15) is 0 Å². The SMILES string of the molecule is CCn1ncc(Cl)c1C(NC)c1ccccc1C. The Bertz CT molecular complexity index is 534. The maximum Gasteiger partial charge on any atom is 0.0837 e. The number of rotatable bonds is 4. The summed E-state index contributed by atoms with van der Waals surface area (Å²) in [5.74, 6) is 0. The first kappa shape index (κ1) is 13.1. The third kappa shape index (κ3) is 2.28. The molecule has 3 nitrogen and oxygen atoms in total. The van der Waals surface area contributed by atoms with Gasteiger partial charge < -0.3 is 5.32 Å². The molecule has 0 aliphatic heterocycles. The Balaban J connectivity index is 2.52. The average molecular weight is 264 g/mol. The molecular formula is C14H18ClN3. The molecule has 0 amide bonds. The van der Waals surface area contributed by atoms with E-state index in [0.29, 0.717) is 5.02 Å². The lowest BCUT2D eigenvalue weighted by Gasteiger charge is -2.20. The van der Waals surface area contributed by atoms with Gasteiger partial charge in [-0.05, 0) is 32.0 Å². The van der Waals surface area contributed by atoms with Crippen LogP contribution in [-0.2, 0) is 6.54 Å². The maximum absolute atomic E-state index is 6.28. The van der Waals surface area contributed by atoms with E-state index < -0.39 is 0 Å². The van der Waals surface area contributed by atoms with Gasteiger partial charge in [-0.1, -0.05) is 35.9 Å². The molecule has 1 N–H and O–H groups in total. The lowest BCUT2D eigenvalue weighted by Crippen LogP contribution is -2.22. The number of halogens is 1. The summed E-state index contributed by atoms with van der Waals surface area (Å²) in [6.07, 6.45) is 1.71. The quantitative estimate of drug-likeness (QED) is 0.918. The number of hydrogen-bond acceptors (Lipinski definition) is 2. The lowest BCUT2D eigenvalue weighted by molar-refractivity contribution is 0.562. The molecule has 0 fully saturated rings. The predicted octanol–water partition coefficient (Wildman–Crippen LogP) is 3.17. The van der Waals surface area contributed by atoms with E-state index in [1.165, 1.54) is 11.1 Å². The Kier molecular flexibility index (Phi) is 4.04. The van der Waals surface area contributed by atoms with Crippen LogP contribution in [0.25, 0.3) is 0 Å². The number of aryl methyl sites for hydroxylation is 2. The zero-order chi connectivity index (χ0) is 13.1. The zero-order valence-corrected chi connectivity index (χ0v) is 11.7. The smallest absolute Gasteiger partial charge is 0.0837 e. The van der Waals surface area contributed by atoms with E-state index in [-0.39, 0.29) is 6.04 Å². The molecule has 0 aliphatic rings. The van der Waals surface area contributed by atoms with Crippen molar-refractivity contribution in [2.24, 2.45) is 0 Å². The van der Waals surface area contributed by atoms with Crippen molar-refractivity contribution >= 4 is 11.6 Å². The van der Waals surface area contributed by atoms with Crippen LogP contribution < -0.4 is 5.32 Å². The Morgan fingerprint density at radius 2 is 2.11 bits per heavy atom. The van der Waals surface area contributed by atoms with Crippen molar-refractivity contribution < 1.29 is 0 Å². The first-order valence-corrected chi connectivity index (χ1v) is 6.50. The molecule has 0 saturated heterocycles. The van der Waals surface area contributed by atoms with Crippen molar-refractivity contribution in [2.75, 3.05) is 7.05 Å². The van der Waals surface area contributed by atoms with Crippen molar-refractivity contribution in [3.63, 3.8) is 0 Å². The lowest BCUT2D eigenvalue weighted by atomic mass is 9.99. The highest BCUT2D eigenvalue weighted by Gasteiger charge is 2.21. The van der Waals surface area contributed by atoms with Gasteiger partial charge in [0.05, 0.1) is 23.0 Å². The summed E-state index contributed by atoms with van der Waals surface area (Å²) in [5.41, 5.74) is 3.50. The standard InChI is InChI=1S/C14H18ClN3/c1-4-18-14(12(15)9-17-18)13(16-3)11-8-6-5-7-10(11)2/h5-9,13,16H,4H2,1-3H3. The fourth-order valence-electron chi connectivity index (χ4n) is 2.26. The van der Waals surface area contributed by atoms with Crippen LogP contribution in [-0.4, -0.2) is 16.8 Å². The molecule has 96 valence electrons. The van der Waals surface area contributed by atoms with E-state index in [1.807, 2.05) is 23.9 Å². The van der Waals surface area contributed by atoms with E-state index >= 15 is 0 Å². The molecule has 18 heavy (non-hydrogen) atoms. The number of benzene rings is 1. The molecule has 1 aromatic heterocycles. The first-order valence-electron chi connectivity index (χ1n) is 6.13. The van der Waals surface area contributed by atoms with Crippen LogP contribution in [0.2, 0.25) is 5.02 Å². The summed E-state index contributed by atoms with van der Waals surface area (Å²) in [6, 6.07) is 8.40. The minimum atomic E-state index is 0.0705. The Morgan fingerprint density at radius 3 is 2.72 bits per heavy atom. The topological polar surface area (TPSA) is 29.9 Å². The molecule has 1 aromatic carbocycles. The summed E-state index contributed by atoms with van der Waals surface area (Å²) >= 11 is 6.28. The summed E-state index contributed by atoms with van der Waals surface area (Å²) in [5, 5.41) is 8.34. The predicted molar refractivity (Wildman–Crippen MR) is 75.0 cm³/mol. The average Bonchev–Trinajstić information content (AvgIpc) is 2.74. The van der Waals surface area contributed by atoms with Crippen LogP contribution in [0, 0.1) is 6.92 Å². The van der Waals surface area contributed by atoms with E-state index in [2.05, 4.69) is 36.4 Å². The van der Waals surface area contributed by atoms with Gasteiger partial charge in [0.1, 0.15) is 0 Å². The number of aromatic nitrogens is 2. The summed E-state index contributed by atoms with van der Waals surface area (Å²) < 4.78 is 1.94.